The summed E-state index contributed by atoms with van der Waals surface area (Å²) >= 11 is 6.09. The summed E-state index contributed by atoms with van der Waals surface area (Å²) in [6, 6.07) is 4.62. The van der Waals surface area contributed by atoms with Gasteiger partial charge in [0.2, 0.25) is 0 Å². The molecule has 2 aromatic rings. The first kappa shape index (κ1) is 10.1. The molecule has 0 spiro atoms. The quantitative estimate of drug-likeness (QED) is 0.887. The van der Waals surface area contributed by atoms with Crippen LogP contribution in [0.5, 0.6) is 0 Å². The molecule has 1 saturated carbocycles. The molecule has 3 nitrogen and oxygen atoms in total. The fraction of sp³-hybridized carbons (Fsp3) is 0.417. The molecular weight excluding hydrogens is 222 g/mol. The molecule has 0 bridgehead atoms. The average molecular weight is 236 g/mol. The first-order valence-corrected chi connectivity index (χ1v) is 5.97. The highest BCUT2D eigenvalue weighted by molar-refractivity contribution is 6.31. The van der Waals surface area contributed by atoms with Crippen LogP contribution in [0.1, 0.15) is 24.4 Å². The highest BCUT2D eigenvalue weighted by atomic mass is 35.5. The van der Waals surface area contributed by atoms with Crippen LogP contribution in [0.3, 0.4) is 0 Å². The summed E-state index contributed by atoms with van der Waals surface area (Å²) in [5.74, 6) is 0. The van der Waals surface area contributed by atoms with E-state index in [0.717, 1.165) is 17.1 Å². The van der Waals surface area contributed by atoms with Crippen molar-refractivity contribution in [1.82, 2.24) is 14.9 Å². The van der Waals surface area contributed by atoms with Crippen molar-refractivity contribution in [2.75, 3.05) is 7.05 Å². The minimum atomic E-state index is 0.654. The van der Waals surface area contributed by atoms with E-state index in [1.807, 2.05) is 25.5 Å². The molecule has 1 aliphatic carbocycles. The van der Waals surface area contributed by atoms with Gasteiger partial charge in [0.05, 0.1) is 17.4 Å². The zero-order valence-corrected chi connectivity index (χ0v) is 9.96. The Morgan fingerprint density at radius 2 is 2.31 bits per heavy atom. The summed E-state index contributed by atoms with van der Waals surface area (Å²) in [4.78, 5) is 4.43. The first-order chi connectivity index (χ1) is 7.79. The van der Waals surface area contributed by atoms with Crippen LogP contribution in [-0.2, 0) is 6.54 Å². The van der Waals surface area contributed by atoms with E-state index in [-0.39, 0.29) is 0 Å². The second kappa shape index (κ2) is 3.75. The Morgan fingerprint density at radius 3 is 3.00 bits per heavy atom. The van der Waals surface area contributed by atoms with Crippen molar-refractivity contribution < 1.29 is 0 Å². The average Bonchev–Trinajstić information content (AvgIpc) is 3.00. The summed E-state index contributed by atoms with van der Waals surface area (Å²) in [6.07, 6.45) is 4.48. The van der Waals surface area contributed by atoms with E-state index in [1.54, 1.807) is 0 Å². The lowest BCUT2D eigenvalue weighted by Crippen LogP contribution is -2.07. The van der Waals surface area contributed by atoms with E-state index in [9.17, 15) is 0 Å². The molecule has 0 saturated heterocycles. The van der Waals surface area contributed by atoms with Crippen molar-refractivity contribution >= 4 is 22.6 Å². The number of benzene rings is 1. The number of halogens is 1. The van der Waals surface area contributed by atoms with Gasteiger partial charge in [-0.25, -0.2) is 4.98 Å². The minimum absolute atomic E-state index is 0.654. The zero-order chi connectivity index (χ0) is 11.1. The molecule has 0 atom stereocenters. The van der Waals surface area contributed by atoms with Crippen LogP contribution < -0.4 is 5.32 Å². The third kappa shape index (κ3) is 1.60. The number of hydrogen-bond donors (Lipinski definition) is 1. The fourth-order valence-corrected chi connectivity index (χ4v) is 2.41. The third-order valence-electron chi connectivity index (χ3n) is 3.02. The molecule has 1 heterocycles. The molecule has 1 aliphatic rings. The Hall–Kier alpha value is -1.06. The van der Waals surface area contributed by atoms with Crippen molar-refractivity contribution in [2.45, 2.75) is 25.4 Å². The number of rotatable bonds is 3. The molecule has 0 unspecified atom stereocenters. The molecule has 0 amide bonds. The second-order valence-corrected chi connectivity index (χ2v) is 4.78. The maximum atomic E-state index is 6.09. The smallest absolute Gasteiger partial charge is 0.0961 e. The monoisotopic (exact) mass is 235 g/mol. The van der Waals surface area contributed by atoms with E-state index in [1.165, 1.54) is 23.9 Å². The number of imidazole rings is 1. The van der Waals surface area contributed by atoms with Gasteiger partial charge in [-0.2, -0.15) is 0 Å². The molecule has 84 valence electrons. The van der Waals surface area contributed by atoms with Crippen molar-refractivity contribution in [2.24, 2.45) is 0 Å². The maximum Gasteiger partial charge on any atom is 0.0961 e. The Labute approximate surface area is 99.4 Å². The van der Waals surface area contributed by atoms with Crippen LogP contribution in [0, 0.1) is 0 Å². The summed E-state index contributed by atoms with van der Waals surface area (Å²) in [7, 11) is 1.95. The second-order valence-electron chi connectivity index (χ2n) is 4.35. The van der Waals surface area contributed by atoms with Gasteiger partial charge in [0.25, 0.3) is 0 Å². The Balaban J connectivity index is 2.22. The molecule has 0 aliphatic heterocycles. The number of aromatic nitrogens is 2. The molecule has 1 aromatic heterocycles. The fourth-order valence-electron chi connectivity index (χ4n) is 2.17. The summed E-state index contributed by atoms with van der Waals surface area (Å²) in [6.45, 7) is 0.829. The van der Waals surface area contributed by atoms with Gasteiger partial charge in [0.15, 0.2) is 0 Å². The number of hydrogen-bond acceptors (Lipinski definition) is 2. The predicted molar refractivity (Wildman–Crippen MR) is 65.8 cm³/mol. The van der Waals surface area contributed by atoms with Gasteiger partial charge in [-0.3, -0.25) is 0 Å². The Morgan fingerprint density at radius 1 is 1.50 bits per heavy atom. The van der Waals surface area contributed by atoms with Crippen LogP contribution in [0.25, 0.3) is 11.0 Å². The number of nitrogens with zero attached hydrogens (tertiary/aromatic N) is 2. The van der Waals surface area contributed by atoms with Crippen LogP contribution >= 0.6 is 11.6 Å². The highest BCUT2D eigenvalue weighted by Gasteiger charge is 2.25. The highest BCUT2D eigenvalue weighted by Crippen LogP contribution is 2.38. The molecule has 4 heteroatoms. The van der Waals surface area contributed by atoms with Gasteiger partial charge in [0.1, 0.15) is 0 Å². The standard InChI is InChI=1S/C12H14ClN3/c1-14-6-8-4-9(13)5-11-12(8)16(7-15-11)10-2-3-10/h4-5,7,10,14H,2-3,6H2,1H3. The van der Waals surface area contributed by atoms with Gasteiger partial charge in [-0.05, 0) is 37.6 Å². The molecule has 1 N–H and O–H groups in total. The van der Waals surface area contributed by atoms with E-state index >= 15 is 0 Å². The maximum absolute atomic E-state index is 6.09. The van der Waals surface area contributed by atoms with Crippen LogP contribution in [-0.4, -0.2) is 16.6 Å². The molecular formula is C12H14ClN3. The van der Waals surface area contributed by atoms with Gasteiger partial charge in [0, 0.05) is 17.6 Å². The Kier molecular flexibility index (Phi) is 2.37. The van der Waals surface area contributed by atoms with E-state index in [2.05, 4.69) is 14.9 Å². The van der Waals surface area contributed by atoms with Crippen molar-refractivity contribution in [3.8, 4) is 0 Å². The van der Waals surface area contributed by atoms with E-state index in [4.69, 9.17) is 11.6 Å². The molecule has 3 rings (SSSR count). The lowest BCUT2D eigenvalue weighted by molar-refractivity contribution is 0.752. The van der Waals surface area contributed by atoms with Crippen molar-refractivity contribution in [1.29, 1.82) is 0 Å². The third-order valence-corrected chi connectivity index (χ3v) is 3.24. The van der Waals surface area contributed by atoms with Crippen molar-refractivity contribution in [3.63, 3.8) is 0 Å². The SMILES string of the molecule is CNCc1cc(Cl)cc2ncn(C3CC3)c12. The topological polar surface area (TPSA) is 29.9 Å². The van der Waals surface area contributed by atoms with Crippen LogP contribution in [0.15, 0.2) is 18.5 Å². The van der Waals surface area contributed by atoms with Crippen LogP contribution in [0.4, 0.5) is 0 Å². The predicted octanol–water partition coefficient (Wildman–Crippen LogP) is 2.74. The van der Waals surface area contributed by atoms with Gasteiger partial charge >= 0.3 is 0 Å². The normalized spacial score (nSPS) is 15.9. The number of fused-ring (bicyclic) bond motifs is 1. The molecule has 1 aromatic carbocycles. The largest absolute Gasteiger partial charge is 0.327 e. The van der Waals surface area contributed by atoms with Crippen molar-refractivity contribution in [3.05, 3.63) is 29.0 Å². The van der Waals surface area contributed by atoms with Gasteiger partial charge in [-0.15, -0.1) is 0 Å². The summed E-state index contributed by atoms with van der Waals surface area (Å²) < 4.78 is 2.29. The van der Waals surface area contributed by atoms with Gasteiger partial charge in [-0.1, -0.05) is 11.6 Å². The molecule has 16 heavy (non-hydrogen) atoms. The summed E-state index contributed by atoms with van der Waals surface area (Å²) in [5, 5.41) is 3.94. The summed E-state index contributed by atoms with van der Waals surface area (Å²) in [5.41, 5.74) is 3.47. The molecule has 1 fully saturated rings. The zero-order valence-electron chi connectivity index (χ0n) is 9.20. The van der Waals surface area contributed by atoms with E-state index < -0.39 is 0 Å². The minimum Gasteiger partial charge on any atom is -0.327 e. The van der Waals surface area contributed by atoms with Crippen LogP contribution in [0.2, 0.25) is 5.02 Å². The Bertz CT molecular complexity index is 528. The van der Waals surface area contributed by atoms with E-state index in [0.29, 0.717) is 6.04 Å². The first-order valence-electron chi connectivity index (χ1n) is 5.59. The molecule has 0 radical (unpaired) electrons. The lowest BCUT2D eigenvalue weighted by Gasteiger charge is -2.08. The number of nitrogens with one attached hydrogen (secondary N) is 1. The lowest BCUT2D eigenvalue weighted by atomic mass is 10.2. The van der Waals surface area contributed by atoms with Gasteiger partial charge < -0.3 is 9.88 Å².